The molecule has 17 nitrogen and oxygen atoms in total. The number of aliphatic hydroxyl groups excluding tert-OH is 2. The van der Waals surface area contributed by atoms with Gasteiger partial charge in [0.1, 0.15) is 36.5 Å². The normalized spacial score (nSPS) is 32.1. The molecule has 0 bridgehead atoms. The number of anilines is 1. The molecule has 39 heavy (non-hydrogen) atoms. The lowest BCUT2D eigenvalue weighted by Crippen LogP contribution is -2.48. The highest BCUT2D eigenvalue weighted by Gasteiger charge is 2.56. The first kappa shape index (κ1) is 28.8. The summed E-state index contributed by atoms with van der Waals surface area (Å²) in [6, 6.07) is 1.22. The van der Waals surface area contributed by atoms with Gasteiger partial charge >= 0.3 is 19.2 Å². The van der Waals surface area contributed by atoms with Gasteiger partial charge in [0, 0.05) is 12.6 Å². The lowest BCUT2D eigenvalue weighted by Gasteiger charge is -2.26. The standard InChI is InChI=1S/C20H23FN5O12P/c1-2-20(32)12(37-17(15(20)28)25-4-3-13(22)23-18(25)30)8-35-39(33,34)38-10-5-14(36-11(10)7-27)26-6-9(21)16(29)24-19(26)31/h1,3-4,6,10-12,14-15,17,27-28,32H,5,7-8H2,(H,33,34)(H2,22,23,30)(H,24,29,31)/t10?,11-,12+,14-,15?,17+,20-/m1/s1. The van der Waals surface area contributed by atoms with Crippen molar-refractivity contribution < 1.29 is 47.7 Å². The van der Waals surface area contributed by atoms with Gasteiger partial charge in [-0.25, -0.2) is 14.2 Å². The summed E-state index contributed by atoms with van der Waals surface area (Å²) in [4.78, 5) is 50.9. The molecule has 0 radical (unpaired) electrons. The molecule has 212 valence electrons. The fraction of sp³-hybridized carbons (Fsp3) is 0.500. The number of H-pyrrole nitrogens is 1. The van der Waals surface area contributed by atoms with Crippen LogP contribution >= 0.6 is 7.82 Å². The lowest BCUT2D eigenvalue weighted by molar-refractivity contribution is -0.0681. The summed E-state index contributed by atoms with van der Waals surface area (Å²) in [5, 5.41) is 31.0. The van der Waals surface area contributed by atoms with Gasteiger partial charge in [-0.2, -0.15) is 9.37 Å². The molecule has 0 aromatic carbocycles. The van der Waals surface area contributed by atoms with Crippen LogP contribution in [0.5, 0.6) is 0 Å². The SMILES string of the molecule is C#C[C@]1(O)C(O)[C@@H](n2ccc(N)nc2=O)O[C@H]1COP(=O)(O)OC1C[C@H](n2cc(F)c(=O)[nH]c2=O)O[C@@H]1CO. The van der Waals surface area contributed by atoms with E-state index in [1.54, 1.807) is 4.98 Å². The predicted octanol–water partition coefficient (Wildman–Crippen LogP) is -3.08. The summed E-state index contributed by atoms with van der Waals surface area (Å²) in [7, 11) is -5.04. The van der Waals surface area contributed by atoms with Gasteiger partial charge in [-0.15, -0.1) is 6.42 Å². The Morgan fingerprint density at radius 1 is 1.36 bits per heavy atom. The molecule has 2 aromatic rings. The molecule has 3 unspecified atom stereocenters. The molecular weight excluding hydrogens is 552 g/mol. The third-order valence-electron chi connectivity index (χ3n) is 6.13. The Balaban J connectivity index is 1.46. The van der Waals surface area contributed by atoms with E-state index in [2.05, 4.69) is 4.98 Å². The summed E-state index contributed by atoms with van der Waals surface area (Å²) in [5.74, 6) is 0.503. The highest BCUT2D eigenvalue weighted by Crippen LogP contribution is 2.49. The van der Waals surface area contributed by atoms with Crippen molar-refractivity contribution in [2.75, 3.05) is 18.9 Å². The van der Waals surface area contributed by atoms with Crippen LogP contribution in [0, 0.1) is 18.2 Å². The number of nitrogens with one attached hydrogen (secondary N) is 1. The molecule has 2 saturated heterocycles. The molecule has 2 aromatic heterocycles. The smallest absolute Gasteiger partial charge is 0.394 e. The Bertz CT molecular complexity index is 1510. The van der Waals surface area contributed by atoms with Crippen LogP contribution in [0.15, 0.2) is 32.8 Å². The zero-order valence-electron chi connectivity index (χ0n) is 19.7. The third kappa shape index (κ3) is 5.58. The fourth-order valence-corrected chi connectivity index (χ4v) is 5.07. The van der Waals surface area contributed by atoms with Crippen molar-refractivity contribution in [1.29, 1.82) is 0 Å². The molecule has 0 amide bonds. The van der Waals surface area contributed by atoms with Crippen LogP contribution in [-0.2, 0) is 23.1 Å². The third-order valence-corrected chi connectivity index (χ3v) is 7.14. The first-order chi connectivity index (χ1) is 18.3. The summed E-state index contributed by atoms with van der Waals surface area (Å²) in [6.45, 7) is -1.67. The Labute approximate surface area is 216 Å². The first-order valence-electron chi connectivity index (χ1n) is 11.1. The van der Waals surface area contributed by atoms with Crippen LogP contribution < -0.4 is 22.7 Å². The number of ether oxygens (including phenoxy) is 2. The number of nitrogen functional groups attached to an aromatic ring is 1. The number of rotatable bonds is 8. The number of aromatic nitrogens is 4. The Morgan fingerprint density at radius 3 is 2.72 bits per heavy atom. The average Bonchev–Trinajstić information content (AvgIpc) is 3.38. The van der Waals surface area contributed by atoms with Crippen LogP contribution in [0.4, 0.5) is 10.2 Å². The van der Waals surface area contributed by atoms with Crippen molar-refractivity contribution in [2.24, 2.45) is 0 Å². The maximum atomic E-state index is 13.7. The van der Waals surface area contributed by atoms with Crippen LogP contribution in [0.2, 0.25) is 0 Å². The molecule has 2 fully saturated rings. The monoisotopic (exact) mass is 575 g/mol. The van der Waals surface area contributed by atoms with E-state index in [0.717, 1.165) is 10.8 Å². The number of phosphoric acid groups is 1. The van der Waals surface area contributed by atoms with Gasteiger partial charge in [-0.05, 0) is 6.07 Å². The quantitative estimate of drug-likeness (QED) is 0.135. The maximum Gasteiger partial charge on any atom is 0.472 e. The number of terminal acetylenes is 1. The summed E-state index contributed by atoms with van der Waals surface area (Å²) in [5.41, 5.74) is -0.297. The van der Waals surface area contributed by atoms with E-state index in [4.69, 9.17) is 30.7 Å². The highest BCUT2D eigenvalue weighted by atomic mass is 31.2. The first-order valence-corrected chi connectivity index (χ1v) is 12.6. The van der Waals surface area contributed by atoms with Crippen LogP contribution in [-0.4, -0.2) is 82.5 Å². The second-order valence-corrected chi connectivity index (χ2v) is 9.98. The molecule has 19 heteroatoms. The predicted molar refractivity (Wildman–Crippen MR) is 124 cm³/mol. The van der Waals surface area contributed by atoms with E-state index in [0.29, 0.717) is 10.8 Å². The molecular formula is C20H23FN5O12P. The zero-order chi connectivity index (χ0) is 28.7. The van der Waals surface area contributed by atoms with E-state index in [9.17, 15) is 43.6 Å². The molecule has 2 aliphatic heterocycles. The number of aromatic amines is 1. The minimum absolute atomic E-state index is 0.121. The van der Waals surface area contributed by atoms with Gasteiger partial charge in [-0.3, -0.25) is 28.0 Å². The molecule has 8 atom stereocenters. The number of aliphatic hydroxyl groups is 3. The molecule has 4 rings (SSSR count). The van der Waals surface area contributed by atoms with E-state index in [1.165, 1.54) is 6.07 Å². The molecule has 0 saturated carbocycles. The van der Waals surface area contributed by atoms with Crippen LogP contribution in [0.25, 0.3) is 0 Å². The summed E-state index contributed by atoms with van der Waals surface area (Å²) >= 11 is 0. The molecule has 0 aliphatic carbocycles. The van der Waals surface area contributed by atoms with Gasteiger partial charge in [0.15, 0.2) is 11.8 Å². The number of hydrogen-bond acceptors (Lipinski definition) is 13. The Morgan fingerprint density at radius 2 is 2.08 bits per heavy atom. The summed E-state index contributed by atoms with van der Waals surface area (Å²) in [6.07, 6.45) is -2.36. The number of phosphoric ester groups is 1. The second kappa shape index (κ2) is 10.7. The van der Waals surface area contributed by atoms with Crippen molar-refractivity contribution in [3.63, 3.8) is 0 Å². The molecule has 7 N–H and O–H groups in total. The van der Waals surface area contributed by atoms with E-state index in [1.807, 2.05) is 5.92 Å². The van der Waals surface area contributed by atoms with Gasteiger partial charge in [0.05, 0.1) is 19.4 Å². The number of nitrogens with two attached hydrogens (primary N) is 1. The topological polar surface area (TPSA) is 251 Å². The molecule has 0 spiro atoms. The lowest BCUT2D eigenvalue weighted by atomic mass is 9.93. The van der Waals surface area contributed by atoms with E-state index < -0.39 is 86.3 Å². The van der Waals surface area contributed by atoms with Crippen molar-refractivity contribution in [3.8, 4) is 12.3 Å². The minimum Gasteiger partial charge on any atom is -0.394 e. The van der Waals surface area contributed by atoms with Crippen molar-refractivity contribution >= 4 is 13.6 Å². The minimum atomic E-state index is -5.04. The van der Waals surface area contributed by atoms with Crippen LogP contribution in [0.3, 0.4) is 0 Å². The van der Waals surface area contributed by atoms with Crippen molar-refractivity contribution in [2.45, 2.75) is 48.9 Å². The molecule has 4 heterocycles. The average molecular weight is 575 g/mol. The number of hydrogen-bond donors (Lipinski definition) is 6. The van der Waals surface area contributed by atoms with Crippen molar-refractivity contribution in [3.05, 3.63) is 55.6 Å². The van der Waals surface area contributed by atoms with Gasteiger partial charge < -0.3 is 35.4 Å². The van der Waals surface area contributed by atoms with Gasteiger partial charge in [0.2, 0.25) is 5.82 Å². The van der Waals surface area contributed by atoms with E-state index >= 15 is 0 Å². The number of nitrogens with zero attached hydrogens (tertiary/aromatic N) is 3. The Kier molecular flexibility index (Phi) is 7.91. The van der Waals surface area contributed by atoms with Gasteiger partial charge in [0.25, 0.3) is 5.56 Å². The van der Waals surface area contributed by atoms with Gasteiger partial charge in [-0.1, -0.05) is 5.92 Å². The van der Waals surface area contributed by atoms with Crippen molar-refractivity contribution in [1.82, 2.24) is 19.1 Å². The van der Waals surface area contributed by atoms with E-state index in [-0.39, 0.29) is 12.2 Å². The molecule has 2 aliphatic rings. The van der Waals surface area contributed by atoms with Crippen LogP contribution in [0.1, 0.15) is 18.9 Å². The zero-order valence-corrected chi connectivity index (χ0v) is 20.6. The number of halogens is 1. The highest BCUT2D eigenvalue weighted by molar-refractivity contribution is 7.47. The largest absolute Gasteiger partial charge is 0.472 e. The fourth-order valence-electron chi connectivity index (χ4n) is 4.12. The second-order valence-electron chi connectivity index (χ2n) is 8.57. The summed E-state index contributed by atoms with van der Waals surface area (Å²) < 4.78 is 48.7. The maximum absolute atomic E-state index is 13.7. The Hall–Kier alpha value is -3.24.